The second-order valence-corrected chi connectivity index (χ2v) is 8.91. The van der Waals surface area contributed by atoms with Gasteiger partial charge in [0, 0.05) is 38.6 Å². The fourth-order valence-electron chi connectivity index (χ4n) is 3.43. The molecule has 0 radical (unpaired) electrons. The van der Waals surface area contributed by atoms with Gasteiger partial charge in [0.25, 0.3) is 0 Å². The molecule has 1 unspecified atom stereocenters. The minimum atomic E-state index is -3.55. The van der Waals surface area contributed by atoms with Gasteiger partial charge in [0.05, 0.1) is 10.8 Å². The number of carbonyl (C=O) groups is 1. The highest BCUT2D eigenvalue weighted by Gasteiger charge is 2.32. The Bertz CT molecular complexity index is 921. The Hall–Kier alpha value is -2.25. The zero-order valence-corrected chi connectivity index (χ0v) is 16.7. The van der Waals surface area contributed by atoms with Crippen LogP contribution in [0.4, 0.5) is 0 Å². The lowest BCUT2D eigenvalue weighted by molar-refractivity contribution is -0.133. The number of pyridine rings is 1. The Labute approximate surface area is 160 Å². The van der Waals surface area contributed by atoms with Crippen molar-refractivity contribution in [3.63, 3.8) is 0 Å². The smallest absolute Gasteiger partial charge is 0.243 e. The number of piperazine rings is 1. The van der Waals surface area contributed by atoms with E-state index in [0.717, 1.165) is 16.7 Å². The third-order valence-electron chi connectivity index (χ3n) is 5.05. The normalized spacial score (nSPS) is 16.9. The first-order chi connectivity index (χ1) is 12.8. The number of sulfonamides is 1. The van der Waals surface area contributed by atoms with Crippen molar-refractivity contribution in [1.82, 2.24) is 14.2 Å². The summed E-state index contributed by atoms with van der Waals surface area (Å²) in [5.74, 6) is -0.284. The Morgan fingerprint density at radius 2 is 1.81 bits per heavy atom. The van der Waals surface area contributed by atoms with Crippen LogP contribution < -0.4 is 0 Å². The van der Waals surface area contributed by atoms with Crippen LogP contribution in [-0.2, 0) is 14.8 Å². The summed E-state index contributed by atoms with van der Waals surface area (Å²) in [6, 6.07) is 9.06. The van der Waals surface area contributed by atoms with Crippen molar-refractivity contribution in [3.8, 4) is 0 Å². The summed E-state index contributed by atoms with van der Waals surface area (Å²) in [5.41, 5.74) is 2.65. The van der Waals surface area contributed by atoms with Gasteiger partial charge < -0.3 is 4.90 Å². The topological polar surface area (TPSA) is 70.6 Å². The number of aryl methyl sites for hydroxylation is 2. The molecule has 2 aromatic rings. The van der Waals surface area contributed by atoms with E-state index in [1.54, 1.807) is 23.4 Å². The molecule has 144 valence electrons. The van der Waals surface area contributed by atoms with Gasteiger partial charge in [-0.15, -0.1) is 0 Å². The summed E-state index contributed by atoms with van der Waals surface area (Å²) in [7, 11) is -3.55. The first kappa shape index (κ1) is 19.5. The van der Waals surface area contributed by atoms with Crippen LogP contribution in [0, 0.1) is 13.8 Å². The van der Waals surface area contributed by atoms with Gasteiger partial charge >= 0.3 is 0 Å². The number of benzene rings is 1. The summed E-state index contributed by atoms with van der Waals surface area (Å²) in [6.45, 7) is 7.02. The number of aromatic nitrogens is 1. The van der Waals surface area contributed by atoms with Gasteiger partial charge in [0.2, 0.25) is 15.9 Å². The van der Waals surface area contributed by atoms with Crippen LogP contribution in [-0.4, -0.2) is 54.7 Å². The summed E-state index contributed by atoms with van der Waals surface area (Å²) >= 11 is 0. The maximum absolute atomic E-state index is 13.0. The third kappa shape index (κ3) is 4.04. The predicted molar refractivity (Wildman–Crippen MR) is 104 cm³/mol. The number of amides is 1. The highest BCUT2D eigenvalue weighted by atomic mass is 32.2. The first-order valence-corrected chi connectivity index (χ1v) is 10.5. The van der Waals surface area contributed by atoms with Crippen molar-refractivity contribution in [2.75, 3.05) is 26.2 Å². The average Bonchev–Trinajstić information content (AvgIpc) is 2.67. The second kappa shape index (κ2) is 7.78. The Morgan fingerprint density at radius 3 is 2.41 bits per heavy atom. The molecule has 0 saturated carbocycles. The molecule has 1 aliphatic rings. The molecule has 3 rings (SSSR count). The van der Waals surface area contributed by atoms with Gasteiger partial charge in [-0.05, 0) is 44.0 Å². The minimum Gasteiger partial charge on any atom is -0.340 e. The lowest BCUT2D eigenvalue weighted by Gasteiger charge is -2.35. The molecule has 1 atom stereocenters. The monoisotopic (exact) mass is 387 g/mol. The Morgan fingerprint density at radius 1 is 1.11 bits per heavy atom. The number of hydrogen-bond donors (Lipinski definition) is 0. The van der Waals surface area contributed by atoms with Gasteiger partial charge in [0.1, 0.15) is 0 Å². The molecule has 2 heterocycles. The Kier molecular flexibility index (Phi) is 5.62. The molecule has 1 aliphatic heterocycles. The molecule has 0 spiro atoms. The van der Waals surface area contributed by atoms with E-state index in [0.29, 0.717) is 31.1 Å². The van der Waals surface area contributed by atoms with Gasteiger partial charge in [-0.1, -0.05) is 23.8 Å². The van der Waals surface area contributed by atoms with E-state index in [1.165, 1.54) is 4.31 Å². The fourth-order valence-corrected chi connectivity index (χ4v) is 5.05. The third-order valence-corrected chi connectivity index (χ3v) is 7.11. The SMILES string of the molecule is Cc1ccc(S(=O)(=O)N2CCN(C(=O)C(C)c3cccnc3)CC2)c(C)c1. The molecule has 1 aromatic carbocycles. The van der Waals surface area contributed by atoms with Crippen LogP contribution >= 0.6 is 0 Å². The Balaban J connectivity index is 1.68. The van der Waals surface area contributed by atoms with Crippen LogP contribution in [0.15, 0.2) is 47.6 Å². The fraction of sp³-hybridized carbons (Fsp3) is 0.400. The molecular formula is C20H25N3O3S. The maximum Gasteiger partial charge on any atom is 0.243 e. The second-order valence-electron chi connectivity index (χ2n) is 7.01. The van der Waals surface area contributed by atoms with Crippen molar-refractivity contribution < 1.29 is 13.2 Å². The van der Waals surface area contributed by atoms with Crippen LogP contribution in [0.25, 0.3) is 0 Å². The molecular weight excluding hydrogens is 362 g/mol. The highest BCUT2D eigenvalue weighted by Crippen LogP contribution is 2.23. The molecule has 6 nitrogen and oxygen atoms in total. The van der Waals surface area contributed by atoms with Crippen LogP contribution in [0.5, 0.6) is 0 Å². The average molecular weight is 388 g/mol. The van der Waals surface area contributed by atoms with Crippen molar-refractivity contribution in [2.24, 2.45) is 0 Å². The van der Waals surface area contributed by atoms with E-state index in [1.807, 2.05) is 45.0 Å². The molecule has 0 N–H and O–H groups in total. The first-order valence-electron chi connectivity index (χ1n) is 9.07. The lowest BCUT2D eigenvalue weighted by Crippen LogP contribution is -2.51. The van der Waals surface area contributed by atoms with Crippen molar-refractivity contribution >= 4 is 15.9 Å². The van der Waals surface area contributed by atoms with Gasteiger partial charge in [-0.3, -0.25) is 9.78 Å². The van der Waals surface area contributed by atoms with E-state index in [-0.39, 0.29) is 11.8 Å². The molecule has 0 aliphatic carbocycles. The number of carbonyl (C=O) groups excluding carboxylic acids is 1. The van der Waals surface area contributed by atoms with Crippen molar-refractivity contribution in [1.29, 1.82) is 0 Å². The summed E-state index contributed by atoms with van der Waals surface area (Å²) in [6.07, 6.45) is 3.38. The summed E-state index contributed by atoms with van der Waals surface area (Å²) in [4.78, 5) is 18.9. The molecule has 0 bridgehead atoms. The standard InChI is InChI=1S/C20H25N3O3S/c1-15-6-7-19(16(2)13-15)27(25,26)23-11-9-22(10-12-23)20(24)17(3)18-5-4-8-21-14-18/h4-8,13-14,17H,9-12H2,1-3H3. The van der Waals surface area contributed by atoms with Crippen molar-refractivity contribution in [2.45, 2.75) is 31.6 Å². The number of rotatable bonds is 4. The van der Waals surface area contributed by atoms with Crippen molar-refractivity contribution in [3.05, 3.63) is 59.4 Å². The largest absolute Gasteiger partial charge is 0.340 e. The van der Waals surface area contributed by atoms with E-state index < -0.39 is 10.0 Å². The maximum atomic E-state index is 13.0. The lowest BCUT2D eigenvalue weighted by atomic mass is 10.0. The van der Waals surface area contributed by atoms with Gasteiger partial charge in [0.15, 0.2) is 0 Å². The minimum absolute atomic E-state index is 0.00608. The predicted octanol–water partition coefficient (Wildman–Crippen LogP) is 2.34. The summed E-state index contributed by atoms with van der Waals surface area (Å²) < 4.78 is 27.4. The molecule has 7 heteroatoms. The quantitative estimate of drug-likeness (QED) is 0.807. The highest BCUT2D eigenvalue weighted by molar-refractivity contribution is 7.89. The van der Waals surface area contributed by atoms with E-state index in [4.69, 9.17) is 0 Å². The molecule has 1 fully saturated rings. The van der Waals surface area contributed by atoms with E-state index in [2.05, 4.69) is 4.98 Å². The van der Waals surface area contributed by atoms with Gasteiger partial charge in [-0.2, -0.15) is 4.31 Å². The molecule has 1 amide bonds. The molecule has 1 aromatic heterocycles. The van der Waals surface area contributed by atoms with Crippen LogP contribution in [0.1, 0.15) is 29.5 Å². The van der Waals surface area contributed by atoms with E-state index >= 15 is 0 Å². The number of nitrogens with zero attached hydrogens (tertiary/aromatic N) is 3. The van der Waals surface area contributed by atoms with E-state index in [9.17, 15) is 13.2 Å². The van der Waals surface area contributed by atoms with Crippen LogP contribution in [0.3, 0.4) is 0 Å². The summed E-state index contributed by atoms with van der Waals surface area (Å²) in [5, 5.41) is 0. The molecule has 27 heavy (non-hydrogen) atoms. The molecule has 1 saturated heterocycles. The van der Waals surface area contributed by atoms with Crippen LogP contribution in [0.2, 0.25) is 0 Å². The number of hydrogen-bond acceptors (Lipinski definition) is 4. The zero-order chi connectivity index (χ0) is 19.6. The van der Waals surface area contributed by atoms with Gasteiger partial charge in [-0.25, -0.2) is 8.42 Å². The zero-order valence-electron chi connectivity index (χ0n) is 15.9.